The number of halogens is 6. The van der Waals surface area contributed by atoms with Gasteiger partial charge in [-0.1, -0.05) is 0 Å². The molecule has 0 atom stereocenters. The van der Waals surface area contributed by atoms with Gasteiger partial charge in [-0.15, -0.1) is 0 Å². The molecule has 0 saturated carbocycles. The molecule has 0 aromatic heterocycles. The van der Waals surface area contributed by atoms with Gasteiger partial charge in [-0.05, 0) is 0 Å². The van der Waals surface area contributed by atoms with Gasteiger partial charge >= 0.3 is 28.6 Å². The first-order valence-corrected chi connectivity index (χ1v) is 5.43. The molecule has 6 nitrogen and oxygen atoms in total. The van der Waals surface area contributed by atoms with E-state index in [9.17, 15) is 39.6 Å². The second-order valence-corrected chi connectivity index (χ2v) is 4.87. The normalized spacial score (nSPS) is 13.2. The van der Waals surface area contributed by atoms with Crippen molar-refractivity contribution in [3.8, 4) is 0 Å². The topological polar surface area (TPSA) is 80.2 Å². The van der Waals surface area contributed by atoms with Crippen molar-refractivity contribution in [1.82, 2.24) is 0 Å². The molecule has 0 spiro atoms. The van der Waals surface area contributed by atoms with Crippen LogP contribution in [0.3, 0.4) is 0 Å². The zero-order valence-corrected chi connectivity index (χ0v) is 9.56. The van der Waals surface area contributed by atoms with Gasteiger partial charge in [0.15, 0.2) is 0 Å². The lowest BCUT2D eigenvalue weighted by Gasteiger charge is -2.30. The van der Waals surface area contributed by atoms with Crippen LogP contribution >= 0.6 is 0 Å². The summed E-state index contributed by atoms with van der Waals surface area (Å²) in [6.07, 6.45) is 0. The average molecular weight is 323 g/mol. The lowest BCUT2D eigenvalue weighted by molar-refractivity contribution is -0.276. The molecule has 0 rings (SSSR count). The minimum Gasteiger partial charge on any atom is -0.477 e. The van der Waals surface area contributed by atoms with Gasteiger partial charge < -0.3 is 14.8 Å². The first-order valence-electron chi connectivity index (χ1n) is 3.95. The Morgan fingerprint density at radius 1 is 1.05 bits per heavy atom. The van der Waals surface area contributed by atoms with Crippen molar-refractivity contribution in [2.45, 2.75) is 17.1 Å². The van der Waals surface area contributed by atoms with Gasteiger partial charge in [-0.25, -0.2) is 13.2 Å². The Labute approximate surface area is 107 Å². The first kappa shape index (κ1) is 17.8. The number of carbonyl (C=O) groups is 1. The summed E-state index contributed by atoms with van der Waals surface area (Å²) in [5.74, 6) is -17.0. The quantitative estimate of drug-likeness (QED) is 0.616. The fourth-order valence-electron chi connectivity index (χ4n) is 0.746. The van der Waals surface area contributed by atoms with Crippen molar-refractivity contribution >= 4 is 15.8 Å². The lowest BCUT2D eigenvalue weighted by atomic mass is 10.2. The SMILES string of the molecule is [C-]#[N+][C-]([N+]#[C-])S(=O)(=O)C(F)(F)C(F)(F)C(F)(F)C(=O)O. The molecule has 0 bridgehead atoms. The molecule has 0 amide bonds. The van der Waals surface area contributed by atoms with Gasteiger partial charge in [0.25, 0.3) is 9.84 Å². The number of hydrogen-bond donors (Lipinski definition) is 1. The van der Waals surface area contributed by atoms with Crippen molar-refractivity contribution in [1.29, 1.82) is 0 Å². The number of rotatable bonds is 5. The average Bonchev–Trinajstić information content (AvgIpc) is 2.29. The predicted molar refractivity (Wildman–Crippen MR) is 47.8 cm³/mol. The molecule has 0 fully saturated rings. The highest BCUT2D eigenvalue weighted by molar-refractivity contribution is 7.95. The Balaban J connectivity index is 6.22. The Kier molecular flexibility index (Phi) is 4.24. The highest BCUT2D eigenvalue weighted by Crippen LogP contribution is 2.50. The summed E-state index contributed by atoms with van der Waals surface area (Å²) < 4.78 is 98.8. The summed E-state index contributed by atoms with van der Waals surface area (Å²) in [5, 5.41) is 1.10. The van der Waals surface area contributed by atoms with Crippen molar-refractivity contribution in [3.05, 3.63) is 28.3 Å². The van der Waals surface area contributed by atoms with E-state index in [0.717, 1.165) is 0 Å². The predicted octanol–water partition coefficient (Wildman–Crippen LogP) is 1.63. The number of alkyl halides is 6. The summed E-state index contributed by atoms with van der Waals surface area (Å²) in [6, 6.07) is 0. The largest absolute Gasteiger partial charge is 0.477 e. The molecule has 0 aromatic rings. The molecule has 112 valence electrons. The molecule has 0 aliphatic heterocycles. The Bertz CT molecular complexity index is 588. The summed E-state index contributed by atoms with van der Waals surface area (Å²) in [4.78, 5) is 13.3. The van der Waals surface area contributed by atoms with Gasteiger partial charge in [0.1, 0.15) is 0 Å². The maximum Gasteiger partial charge on any atom is 0.431 e. The van der Waals surface area contributed by atoms with E-state index in [4.69, 9.17) is 18.3 Å². The number of aliphatic carboxylic acids is 1. The van der Waals surface area contributed by atoms with Crippen LogP contribution in [-0.4, -0.2) is 36.6 Å². The molecule has 0 heterocycles. The van der Waals surface area contributed by atoms with Crippen molar-refractivity contribution in [2.75, 3.05) is 0 Å². The number of carboxylic acid groups (broad SMARTS) is 1. The van der Waals surface area contributed by atoms with E-state index in [1.807, 2.05) is 0 Å². The number of carboxylic acids is 1. The zero-order valence-electron chi connectivity index (χ0n) is 8.74. The molecule has 0 aliphatic carbocycles. The van der Waals surface area contributed by atoms with Gasteiger partial charge in [-0.2, -0.15) is 26.3 Å². The van der Waals surface area contributed by atoms with Crippen molar-refractivity contribution in [2.24, 2.45) is 0 Å². The molecular formula is C7HF6N2O4S-. The van der Waals surface area contributed by atoms with Gasteiger partial charge in [0, 0.05) is 0 Å². The maximum absolute atomic E-state index is 13.1. The highest BCUT2D eigenvalue weighted by atomic mass is 32.2. The summed E-state index contributed by atoms with van der Waals surface area (Å²) in [6.45, 7) is 12.1. The molecule has 0 radical (unpaired) electrons. The molecule has 0 aromatic carbocycles. The molecule has 0 saturated heterocycles. The lowest BCUT2D eigenvalue weighted by Crippen LogP contribution is -2.61. The summed E-state index contributed by atoms with van der Waals surface area (Å²) in [5.41, 5.74) is -2.50. The van der Waals surface area contributed by atoms with E-state index in [-0.39, 0.29) is 0 Å². The minimum atomic E-state index is -6.88. The second kappa shape index (κ2) is 4.75. The fraction of sp³-hybridized carbons (Fsp3) is 0.429. The fourth-order valence-corrected chi connectivity index (χ4v) is 1.68. The van der Waals surface area contributed by atoms with Crippen LogP contribution in [0.5, 0.6) is 0 Å². The van der Waals surface area contributed by atoms with Crippen LogP contribution in [0.4, 0.5) is 26.3 Å². The third-order valence-corrected chi connectivity index (χ3v) is 3.39. The molecule has 13 heteroatoms. The third-order valence-electron chi connectivity index (χ3n) is 1.80. The third kappa shape index (κ3) is 2.09. The zero-order chi connectivity index (χ0) is 16.6. The number of sulfone groups is 1. The molecule has 20 heavy (non-hydrogen) atoms. The smallest absolute Gasteiger partial charge is 0.431 e. The van der Waals surface area contributed by atoms with Crippen LogP contribution in [0.25, 0.3) is 9.69 Å². The molecule has 1 N–H and O–H groups in total. The molecular weight excluding hydrogens is 322 g/mol. The number of hydrogen-bond acceptors (Lipinski definition) is 3. The standard InChI is InChI=1S/C7HF6N2O4S/c1-14-4(15-2)20(18,19)7(12,13)6(10,11)5(8,9)3(16)17/h(H,16,17)/q-1. The van der Waals surface area contributed by atoms with Crippen molar-refractivity contribution < 1.29 is 44.7 Å². The van der Waals surface area contributed by atoms with Crippen LogP contribution in [0.2, 0.25) is 0 Å². The van der Waals surface area contributed by atoms with Gasteiger partial charge in [0.2, 0.25) is 0 Å². The number of nitrogens with zero attached hydrogens (tertiary/aromatic N) is 2. The van der Waals surface area contributed by atoms with Gasteiger partial charge in [-0.3, -0.25) is 13.1 Å². The minimum absolute atomic E-state index is 1.70. The van der Waals surface area contributed by atoms with Crippen LogP contribution in [0.1, 0.15) is 0 Å². The Morgan fingerprint density at radius 3 is 1.65 bits per heavy atom. The van der Waals surface area contributed by atoms with Gasteiger partial charge in [0.05, 0.1) is 0 Å². The van der Waals surface area contributed by atoms with E-state index in [2.05, 4.69) is 0 Å². The Morgan fingerprint density at radius 2 is 1.40 bits per heavy atom. The van der Waals surface area contributed by atoms with Crippen LogP contribution in [0, 0.1) is 18.6 Å². The van der Waals surface area contributed by atoms with E-state index in [1.165, 1.54) is 0 Å². The van der Waals surface area contributed by atoms with E-state index in [1.54, 1.807) is 9.69 Å². The Hall–Kier alpha value is -2.15. The molecule has 0 unspecified atom stereocenters. The van der Waals surface area contributed by atoms with Crippen LogP contribution in [-0.2, 0) is 14.6 Å². The second-order valence-electron chi connectivity index (χ2n) is 2.98. The van der Waals surface area contributed by atoms with E-state index < -0.39 is 38.4 Å². The van der Waals surface area contributed by atoms with E-state index in [0.29, 0.717) is 0 Å². The van der Waals surface area contributed by atoms with E-state index >= 15 is 0 Å². The van der Waals surface area contributed by atoms with Crippen molar-refractivity contribution in [3.63, 3.8) is 0 Å². The first-order chi connectivity index (χ1) is 8.71. The highest BCUT2D eigenvalue weighted by Gasteiger charge is 2.81. The summed E-state index contributed by atoms with van der Waals surface area (Å²) in [7, 11) is -6.79. The molecule has 0 aliphatic rings. The summed E-state index contributed by atoms with van der Waals surface area (Å²) >= 11 is 0. The van der Waals surface area contributed by atoms with Crippen LogP contribution in [0.15, 0.2) is 0 Å². The van der Waals surface area contributed by atoms with Crippen LogP contribution < -0.4 is 0 Å². The monoisotopic (exact) mass is 323 g/mol. The maximum atomic E-state index is 13.1.